The van der Waals surface area contributed by atoms with Crippen molar-refractivity contribution in [1.29, 1.82) is 0 Å². The lowest BCUT2D eigenvalue weighted by Gasteiger charge is -2.19. The molecule has 0 bridgehead atoms. The van der Waals surface area contributed by atoms with E-state index < -0.39 is 0 Å². The molecule has 0 aliphatic heterocycles. The zero-order valence-electron chi connectivity index (χ0n) is 34.7. The highest BCUT2D eigenvalue weighted by Crippen LogP contribution is 2.53. The van der Waals surface area contributed by atoms with Gasteiger partial charge in [-0.1, -0.05) is 0 Å². The summed E-state index contributed by atoms with van der Waals surface area (Å²) in [7, 11) is 6.67. The zero-order valence-corrected chi connectivity index (χ0v) is 35.5. The molecule has 0 amide bonds. The van der Waals surface area contributed by atoms with Crippen LogP contribution >= 0.6 is 11.3 Å². The monoisotopic (exact) mass is 792 g/mol. The Hall–Kier alpha value is -2.98. The van der Waals surface area contributed by atoms with Gasteiger partial charge in [0.1, 0.15) is 23.0 Å². The van der Waals surface area contributed by atoms with Crippen molar-refractivity contribution in [3.8, 4) is 43.9 Å². The normalized spacial score (nSPS) is 11.6. The van der Waals surface area contributed by atoms with Gasteiger partial charge in [-0.05, 0) is 76.9 Å². The molecule has 3 aromatic rings. The van der Waals surface area contributed by atoms with Gasteiger partial charge in [0.15, 0.2) is 0 Å². The fourth-order valence-electron chi connectivity index (χ4n) is 5.63. The van der Waals surface area contributed by atoms with Gasteiger partial charge < -0.3 is 56.8 Å². The Morgan fingerprint density at radius 3 is 1.05 bits per heavy atom. The summed E-state index contributed by atoms with van der Waals surface area (Å²) in [4.78, 5) is 1.88. The van der Waals surface area contributed by atoms with E-state index >= 15 is 0 Å². The van der Waals surface area contributed by atoms with Gasteiger partial charge in [0, 0.05) is 35.1 Å². The van der Waals surface area contributed by atoms with E-state index in [-0.39, 0.29) is 25.4 Å². The second kappa shape index (κ2) is 26.0. The van der Waals surface area contributed by atoms with Gasteiger partial charge in [-0.2, -0.15) is 0 Å². The largest absolute Gasteiger partial charge is 0.496 e. The first-order valence-electron chi connectivity index (χ1n) is 18.9. The zero-order chi connectivity index (χ0) is 40.0. The standard InChI is InChI=1S/C42H64O12S/c1-29(2)53-37-25-31(5)23-35(45-9)39(37)41-33(27-51-21-19-49-17-15-47-13-11-43-7)34(28-52-22-20-50-18-16-48-14-12-44-8)42(55-41)40-36(46-10)24-32(6)26-38(40)54-30(3)4/h23-26,29-30H,11-22,27-28H2,1-10H3. The molecule has 0 fully saturated rings. The molecular formula is C42H64O12S. The Bertz CT molecular complexity index is 1410. The first-order chi connectivity index (χ1) is 26.6. The first kappa shape index (κ1) is 46.4. The molecule has 3 rings (SSSR count). The molecule has 0 spiro atoms. The maximum atomic E-state index is 6.47. The van der Waals surface area contributed by atoms with Gasteiger partial charge in [0.05, 0.1) is 130 Å². The minimum absolute atomic E-state index is 0.0727. The number of hydrogen-bond donors (Lipinski definition) is 0. The molecule has 0 aliphatic rings. The maximum absolute atomic E-state index is 6.47. The third kappa shape index (κ3) is 15.5. The molecule has 2 aromatic carbocycles. The quantitative estimate of drug-likeness (QED) is 0.0618. The van der Waals surface area contributed by atoms with Gasteiger partial charge in [-0.15, -0.1) is 11.3 Å². The van der Waals surface area contributed by atoms with E-state index in [2.05, 4.69) is 12.1 Å². The average Bonchev–Trinajstić information content (AvgIpc) is 3.48. The van der Waals surface area contributed by atoms with E-state index in [0.29, 0.717) is 90.8 Å². The molecule has 310 valence electrons. The Kier molecular flexibility index (Phi) is 22.0. The number of benzene rings is 2. The van der Waals surface area contributed by atoms with Crippen LogP contribution in [0.3, 0.4) is 0 Å². The van der Waals surface area contributed by atoms with Crippen LogP contribution in [0, 0.1) is 13.8 Å². The molecule has 12 nitrogen and oxygen atoms in total. The van der Waals surface area contributed by atoms with Crippen molar-refractivity contribution in [2.24, 2.45) is 0 Å². The summed E-state index contributed by atoms with van der Waals surface area (Å²) in [5, 5.41) is 0. The molecule has 0 radical (unpaired) electrons. The second-order valence-electron chi connectivity index (χ2n) is 13.3. The van der Waals surface area contributed by atoms with Crippen LogP contribution in [-0.2, 0) is 51.1 Å². The van der Waals surface area contributed by atoms with E-state index in [1.807, 2.05) is 53.7 Å². The van der Waals surface area contributed by atoms with Crippen LogP contribution in [0.15, 0.2) is 24.3 Å². The highest BCUT2D eigenvalue weighted by Gasteiger charge is 2.29. The summed E-state index contributed by atoms with van der Waals surface area (Å²) in [6, 6.07) is 8.16. The van der Waals surface area contributed by atoms with Crippen molar-refractivity contribution in [2.45, 2.75) is 67.0 Å². The molecular weight excluding hydrogens is 729 g/mol. The Morgan fingerprint density at radius 2 is 0.745 bits per heavy atom. The van der Waals surface area contributed by atoms with Gasteiger partial charge >= 0.3 is 0 Å². The van der Waals surface area contributed by atoms with E-state index in [1.165, 1.54) is 0 Å². The van der Waals surface area contributed by atoms with Crippen LogP contribution in [0.5, 0.6) is 23.0 Å². The number of ether oxygens (including phenoxy) is 12. The Morgan fingerprint density at radius 1 is 0.436 bits per heavy atom. The van der Waals surface area contributed by atoms with Gasteiger partial charge in [-0.25, -0.2) is 0 Å². The number of hydrogen-bond acceptors (Lipinski definition) is 13. The molecule has 0 saturated carbocycles. The summed E-state index contributed by atoms with van der Waals surface area (Å²) >= 11 is 1.61. The molecule has 0 aliphatic carbocycles. The summed E-state index contributed by atoms with van der Waals surface area (Å²) in [5.41, 5.74) is 5.63. The van der Waals surface area contributed by atoms with Gasteiger partial charge in [0.2, 0.25) is 0 Å². The highest BCUT2D eigenvalue weighted by molar-refractivity contribution is 7.19. The van der Waals surface area contributed by atoms with Crippen molar-refractivity contribution in [2.75, 3.05) is 108 Å². The predicted molar refractivity (Wildman–Crippen MR) is 216 cm³/mol. The van der Waals surface area contributed by atoms with E-state index in [4.69, 9.17) is 56.8 Å². The molecule has 1 heterocycles. The fraction of sp³-hybridized carbons (Fsp3) is 0.619. The summed E-state index contributed by atoms with van der Waals surface area (Å²) in [6.07, 6.45) is -0.145. The predicted octanol–water partition coefficient (Wildman–Crippen LogP) is 7.68. The average molecular weight is 793 g/mol. The van der Waals surface area contributed by atoms with Crippen molar-refractivity contribution in [1.82, 2.24) is 0 Å². The van der Waals surface area contributed by atoms with Crippen LogP contribution in [-0.4, -0.2) is 120 Å². The molecule has 0 N–H and O–H groups in total. The van der Waals surface area contributed by atoms with Crippen LogP contribution in [0.1, 0.15) is 49.9 Å². The SMILES string of the molecule is COCCOCCOCCOCc1c(-c2c(OC)cc(C)cc2OC(C)C)sc(-c2c(OC)cc(C)cc2OC(C)C)c1COCCOCCOCCOC. The molecule has 0 saturated heterocycles. The van der Waals surface area contributed by atoms with E-state index in [0.717, 1.165) is 54.6 Å². The smallest absolute Gasteiger partial charge is 0.132 e. The van der Waals surface area contributed by atoms with Crippen molar-refractivity contribution >= 4 is 11.3 Å². The molecule has 55 heavy (non-hydrogen) atoms. The van der Waals surface area contributed by atoms with Crippen LogP contribution < -0.4 is 18.9 Å². The molecule has 0 atom stereocenters. The number of aryl methyl sites for hydroxylation is 2. The minimum atomic E-state index is -0.0727. The lowest BCUT2D eigenvalue weighted by Crippen LogP contribution is -2.12. The Labute approximate surface area is 332 Å². The van der Waals surface area contributed by atoms with E-state index in [9.17, 15) is 0 Å². The maximum Gasteiger partial charge on any atom is 0.132 e. The van der Waals surface area contributed by atoms with Crippen molar-refractivity contribution in [3.05, 3.63) is 46.5 Å². The van der Waals surface area contributed by atoms with Crippen molar-refractivity contribution in [3.63, 3.8) is 0 Å². The number of rotatable bonds is 30. The summed E-state index contributed by atoms with van der Waals surface area (Å²) in [5.74, 6) is 2.84. The van der Waals surface area contributed by atoms with Crippen LogP contribution in [0.2, 0.25) is 0 Å². The molecule has 1 aromatic heterocycles. The molecule has 0 unspecified atom stereocenters. The third-order valence-corrected chi connectivity index (χ3v) is 9.31. The van der Waals surface area contributed by atoms with Crippen LogP contribution in [0.4, 0.5) is 0 Å². The van der Waals surface area contributed by atoms with E-state index in [1.54, 1.807) is 39.8 Å². The number of thiophene rings is 1. The first-order valence-corrected chi connectivity index (χ1v) is 19.8. The van der Waals surface area contributed by atoms with Gasteiger partial charge in [0.25, 0.3) is 0 Å². The highest BCUT2D eigenvalue weighted by atomic mass is 32.1. The Balaban J connectivity index is 2.09. The third-order valence-electron chi connectivity index (χ3n) is 8.00. The number of methoxy groups -OCH3 is 4. The lowest BCUT2D eigenvalue weighted by atomic mass is 9.98. The minimum Gasteiger partial charge on any atom is -0.496 e. The fourth-order valence-corrected chi connectivity index (χ4v) is 7.05. The van der Waals surface area contributed by atoms with Crippen molar-refractivity contribution < 1.29 is 56.8 Å². The molecule has 13 heteroatoms. The summed E-state index contributed by atoms with van der Waals surface area (Å²) < 4.78 is 70.5. The van der Waals surface area contributed by atoms with Gasteiger partial charge in [-0.3, -0.25) is 0 Å². The topological polar surface area (TPSA) is 111 Å². The second-order valence-corrected chi connectivity index (χ2v) is 14.3. The van der Waals surface area contributed by atoms with Crippen LogP contribution in [0.25, 0.3) is 20.9 Å². The lowest BCUT2D eigenvalue weighted by molar-refractivity contribution is -0.00150. The summed E-state index contributed by atoms with van der Waals surface area (Å²) in [6.45, 7) is 18.3.